The molecule has 0 aromatic rings. The maximum Gasteiger partial charge on any atom is 0.305 e. The number of hydrogen-bond donors (Lipinski definition) is 3. The van der Waals surface area contributed by atoms with E-state index in [0.717, 1.165) is 77.0 Å². The molecule has 0 aliphatic heterocycles. The number of carbonyl (C=O) groups is 2. The summed E-state index contributed by atoms with van der Waals surface area (Å²) in [5, 5.41) is 23.3. The Kier molecular flexibility index (Phi) is 55.0. The summed E-state index contributed by atoms with van der Waals surface area (Å²) in [6, 6.07) is -0.566. The Morgan fingerprint density at radius 1 is 0.409 bits per heavy atom. The van der Waals surface area contributed by atoms with Gasteiger partial charge in [-0.2, -0.15) is 0 Å². The van der Waals surface area contributed by atoms with Gasteiger partial charge in [0.15, 0.2) is 0 Å². The summed E-state index contributed by atoms with van der Waals surface area (Å²) in [5.74, 6) is -0.0972. The van der Waals surface area contributed by atoms with Gasteiger partial charge in [-0.1, -0.05) is 283 Å². The first-order valence-corrected chi connectivity index (χ1v) is 29.9. The zero-order chi connectivity index (χ0) is 47.9. The molecule has 0 saturated carbocycles. The van der Waals surface area contributed by atoms with Crippen LogP contribution in [0.2, 0.25) is 0 Å². The van der Waals surface area contributed by atoms with E-state index in [1.54, 1.807) is 0 Å². The SMILES string of the molecule is CCCCCCCCCCCCCCCCCCCCCCC(O)C(CO)NC(=O)CCCCCC/C=C\CCCCOC(=O)CCCCCCCCCCCCCCCCCCCCC. The molecule has 0 saturated heterocycles. The van der Waals surface area contributed by atoms with Crippen LogP contribution < -0.4 is 5.32 Å². The van der Waals surface area contributed by atoms with Crippen molar-refractivity contribution in [3.8, 4) is 0 Å². The highest BCUT2D eigenvalue weighted by Crippen LogP contribution is 2.18. The number of esters is 1. The largest absolute Gasteiger partial charge is 0.466 e. The zero-order valence-electron chi connectivity index (χ0n) is 44.7. The zero-order valence-corrected chi connectivity index (χ0v) is 44.7. The van der Waals surface area contributed by atoms with Gasteiger partial charge in [-0.25, -0.2) is 0 Å². The lowest BCUT2D eigenvalue weighted by Crippen LogP contribution is -2.45. The molecule has 2 unspecified atom stereocenters. The Balaban J connectivity index is 3.48. The molecular formula is C60H117NO5. The summed E-state index contributed by atoms with van der Waals surface area (Å²) in [5.41, 5.74) is 0. The van der Waals surface area contributed by atoms with Gasteiger partial charge >= 0.3 is 5.97 Å². The van der Waals surface area contributed by atoms with Crippen molar-refractivity contribution in [1.29, 1.82) is 0 Å². The van der Waals surface area contributed by atoms with Crippen LogP contribution in [-0.4, -0.2) is 47.4 Å². The van der Waals surface area contributed by atoms with Gasteiger partial charge in [0.25, 0.3) is 0 Å². The molecule has 2 atom stereocenters. The van der Waals surface area contributed by atoms with E-state index in [0.29, 0.717) is 25.9 Å². The molecule has 6 heteroatoms. The summed E-state index contributed by atoms with van der Waals surface area (Å²) < 4.78 is 5.46. The summed E-state index contributed by atoms with van der Waals surface area (Å²) >= 11 is 0. The van der Waals surface area contributed by atoms with Crippen LogP contribution in [0.1, 0.15) is 335 Å². The Hall–Kier alpha value is -1.40. The van der Waals surface area contributed by atoms with Crippen molar-refractivity contribution in [2.45, 2.75) is 347 Å². The van der Waals surface area contributed by atoms with Gasteiger partial charge in [-0.15, -0.1) is 0 Å². The Bertz CT molecular complexity index is 986. The van der Waals surface area contributed by atoms with E-state index in [1.165, 1.54) is 225 Å². The summed E-state index contributed by atoms with van der Waals surface area (Å²) in [6.07, 6.45) is 66.4. The number of carbonyl (C=O) groups excluding carboxylic acids is 2. The molecule has 0 heterocycles. The van der Waals surface area contributed by atoms with Gasteiger partial charge in [0.05, 0.1) is 25.4 Å². The highest BCUT2D eigenvalue weighted by atomic mass is 16.5. The fourth-order valence-corrected chi connectivity index (χ4v) is 9.46. The number of allylic oxidation sites excluding steroid dienone is 2. The number of amides is 1. The third kappa shape index (κ3) is 52.0. The number of ether oxygens (including phenoxy) is 1. The van der Waals surface area contributed by atoms with Crippen LogP contribution in [0.4, 0.5) is 0 Å². The van der Waals surface area contributed by atoms with Crippen LogP contribution in [0, 0.1) is 0 Å². The molecule has 6 nitrogen and oxygen atoms in total. The number of aliphatic hydroxyl groups excluding tert-OH is 2. The van der Waals surface area contributed by atoms with Crippen molar-refractivity contribution in [2.75, 3.05) is 13.2 Å². The molecule has 0 fully saturated rings. The van der Waals surface area contributed by atoms with E-state index >= 15 is 0 Å². The predicted molar refractivity (Wildman–Crippen MR) is 287 cm³/mol. The molecule has 3 N–H and O–H groups in total. The van der Waals surface area contributed by atoms with E-state index in [1.807, 2.05) is 0 Å². The molecule has 392 valence electrons. The minimum absolute atomic E-state index is 0.0305. The number of nitrogens with one attached hydrogen (secondary N) is 1. The maximum atomic E-state index is 12.5. The van der Waals surface area contributed by atoms with E-state index in [4.69, 9.17) is 4.74 Å². The second kappa shape index (κ2) is 56.2. The Labute approximate surface area is 412 Å². The van der Waals surface area contributed by atoms with E-state index < -0.39 is 12.1 Å². The second-order valence-electron chi connectivity index (χ2n) is 20.7. The average molecular weight is 933 g/mol. The maximum absolute atomic E-state index is 12.5. The summed E-state index contributed by atoms with van der Waals surface area (Å²) in [7, 11) is 0. The van der Waals surface area contributed by atoms with Crippen molar-refractivity contribution in [3.05, 3.63) is 12.2 Å². The Morgan fingerprint density at radius 3 is 1.08 bits per heavy atom. The predicted octanol–water partition coefficient (Wildman–Crippen LogP) is 18.5. The van der Waals surface area contributed by atoms with E-state index in [-0.39, 0.29) is 18.5 Å². The Morgan fingerprint density at radius 2 is 0.712 bits per heavy atom. The van der Waals surface area contributed by atoms with Crippen LogP contribution in [0.25, 0.3) is 0 Å². The molecule has 0 aromatic carbocycles. The molecular weight excluding hydrogens is 815 g/mol. The minimum Gasteiger partial charge on any atom is -0.466 e. The molecule has 0 aliphatic rings. The number of hydrogen-bond acceptors (Lipinski definition) is 5. The molecule has 0 spiro atoms. The summed E-state index contributed by atoms with van der Waals surface area (Å²) in [4.78, 5) is 24.6. The molecule has 66 heavy (non-hydrogen) atoms. The van der Waals surface area contributed by atoms with Crippen molar-refractivity contribution in [2.24, 2.45) is 0 Å². The lowest BCUT2D eigenvalue weighted by molar-refractivity contribution is -0.143. The molecule has 0 aliphatic carbocycles. The first-order valence-electron chi connectivity index (χ1n) is 29.9. The number of aliphatic hydroxyl groups is 2. The van der Waals surface area contributed by atoms with Crippen LogP contribution in [0.5, 0.6) is 0 Å². The minimum atomic E-state index is -0.686. The monoisotopic (exact) mass is 932 g/mol. The lowest BCUT2D eigenvalue weighted by Gasteiger charge is -2.22. The highest BCUT2D eigenvalue weighted by Gasteiger charge is 2.20. The normalized spacial score (nSPS) is 12.6. The first kappa shape index (κ1) is 64.6. The van der Waals surface area contributed by atoms with Gasteiger partial charge < -0.3 is 20.3 Å². The van der Waals surface area contributed by atoms with Crippen LogP contribution in [0.3, 0.4) is 0 Å². The summed E-state index contributed by atoms with van der Waals surface area (Å²) in [6.45, 7) is 4.90. The van der Waals surface area contributed by atoms with Gasteiger partial charge in [0.2, 0.25) is 5.91 Å². The molecule has 1 amide bonds. The quantitative estimate of drug-likeness (QED) is 0.0321. The van der Waals surface area contributed by atoms with Crippen molar-refractivity contribution >= 4 is 11.9 Å². The van der Waals surface area contributed by atoms with Crippen molar-refractivity contribution in [3.63, 3.8) is 0 Å². The fourth-order valence-electron chi connectivity index (χ4n) is 9.46. The van der Waals surface area contributed by atoms with Crippen molar-refractivity contribution in [1.82, 2.24) is 5.32 Å². The van der Waals surface area contributed by atoms with Gasteiger partial charge in [-0.3, -0.25) is 9.59 Å². The average Bonchev–Trinajstić information content (AvgIpc) is 3.32. The standard InChI is InChI=1S/C60H117NO5/c1-3-5-7-9-11-13-15-17-19-21-23-25-26-28-30-32-36-40-44-48-52-58(63)57(56-62)61-59(64)53-49-45-41-37-34-35-39-43-47-51-55-66-60(65)54-50-46-42-38-33-31-29-27-24-22-20-18-16-14-12-10-8-6-4-2/h35,39,57-58,62-63H,3-34,36-38,40-56H2,1-2H3,(H,61,64)/b39-35-. The number of rotatable bonds is 56. The first-order chi connectivity index (χ1) is 32.5. The van der Waals surface area contributed by atoms with Gasteiger partial charge in [-0.05, 0) is 51.4 Å². The number of unbranched alkanes of at least 4 members (excludes halogenated alkanes) is 43. The second-order valence-corrected chi connectivity index (χ2v) is 20.7. The van der Waals surface area contributed by atoms with Crippen LogP contribution in [0.15, 0.2) is 12.2 Å². The van der Waals surface area contributed by atoms with E-state index in [2.05, 4.69) is 31.3 Å². The van der Waals surface area contributed by atoms with E-state index in [9.17, 15) is 19.8 Å². The van der Waals surface area contributed by atoms with Crippen LogP contribution in [-0.2, 0) is 14.3 Å². The van der Waals surface area contributed by atoms with Crippen LogP contribution >= 0.6 is 0 Å². The van der Waals surface area contributed by atoms with Gasteiger partial charge in [0, 0.05) is 12.8 Å². The topological polar surface area (TPSA) is 95.9 Å². The molecule has 0 rings (SSSR count). The molecule has 0 bridgehead atoms. The smallest absolute Gasteiger partial charge is 0.305 e. The lowest BCUT2D eigenvalue weighted by atomic mass is 10.0. The third-order valence-corrected chi connectivity index (χ3v) is 14.1. The van der Waals surface area contributed by atoms with Gasteiger partial charge in [0.1, 0.15) is 0 Å². The highest BCUT2D eigenvalue weighted by molar-refractivity contribution is 5.76. The molecule has 0 aromatic heterocycles. The third-order valence-electron chi connectivity index (χ3n) is 14.1. The molecule has 0 radical (unpaired) electrons. The fraction of sp³-hybridized carbons (Fsp3) is 0.933. The van der Waals surface area contributed by atoms with Crippen molar-refractivity contribution < 1.29 is 24.5 Å².